The van der Waals surface area contributed by atoms with Crippen molar-refractivity contribution in [3.05, 3.63) is 35.7 Å². The van der Waals surface area contributed by atoms with Gasteiger partial charge in [-0.1, -0.05) is 11.3 Å². The number of rotatable bonds is 5. The second-order valence-electron chi connectivity index (χ2n) is 4.00. The van der Waals surface area contributed by atoms with Crippen LogP contribution in [0, 0.1) is 0 Å². The van der Waals surface area contributed by atoms with Gasteiger partial charge in [0.2, 0.25) is 0 Å². The Morgan fingerprint density at radius 2 is 2.00 bits per heavy atom. The lowest BCUT2D eigenvalue weighted by molar-refractivity contribution is 0.354. The fourth-order valence-electron chi connectivity index (χ4n) is 1.94. The maximum atomic E-state index is 5.64. The van der Waals surface area contributed by atoms with Crippen molar-refractivity contribution >= 4 is 0 Å². The van der Waals surface area contributed by atoms with E-state index in [0.29, 0.717) is 11.5 Å². The Kier molecular flexibility index (Phi) is 3.98. The molecule has 0 spiro atoms. The highest BCUT2D eigenvalue weighted by molar-refractivity contribution is 5.45. The second-order valence-corrected chi connectivity index (χ2v) is 4.00. The van der Waals surface area contributed by atoms with Gasteiger partial charge in [-0.15, -0.1) is 5.10 Å². The lowest BCUT2D eigenvalue weighted by atomic mass is 10.0. The summed E-state index contributed by atoms with van der Waals surface area (Å²) in [5.41, 5.74) is 4.55. The van der Waals surface area contributed by atoms with Crippen molar-refractivity contribution in [2.75, 3.05) is 14.2 Å². The number of nitrogens with one attached hydrogen (secondary N) is 1. The van der Waals surface area contributed by atoms with E-state index in [-0.39, 0.29) is 6.04 Å². The van der Waals surface area contributed by atoms with Gasteiger partial charge in [0.05, 0.1) is 32.2 Å². The molecule has 7 nitrogen and oxygen atoms in total. The van der Waals surface area contributed by atoms with E-state index in [0.717, 1.165) is 11.3 Å². The summed E-state index contributed by atoms with van der Waals surface area (Å²) in [6.07, 6.45) is 1.67. The van der Waals surface area contributed by atoms with Gasteiger partial charge in [0, 0.05) is 7.05 Å². The zero-order valence-corrected chi connectivity index (χ0v) is 11.1. The summed E-state index contributed by atoms with van der Waals surface area (Å²) in [7, 11) is 5.01. The number of hydrazine groups is 1. The van der Waals surface area contributed by atoms with Gasteiger partial charge in [-0.05, 0) is 17.7 Å². The van der Waals surface area contributed by atoms with Crippen molar-refractivity contribution in [3.63, 3.8) is 0 Å². The molecule has 1 unspecified atom stereocenters. The standard InChI is InChI=1S/C12H17N5O2/c1-17-9(7-14-16-17)12(15-13)8-4-5-10(18-2)11(6-8)19-3/h4-7,12,15H,13H2,1-3H3. The molecule has 0 bridgehead atoms. The van der Waals surface area contributed by atoms with Crippen molar-refractivity contribution in [2.24, 2.45) is 12.9 Å². The number of nitrogens with zero attached hydrogens (tertiary/aromatic N) is 3. The van der Waals surface area contributed by atoms with E-state index in [9.17, 15) is 0 Å². The van der Waals surface area contributed by atoms with Crippen LogP contribution in [0.5, 0.6) is 11.5 Å². The zero-order chi connectivity index (χ0) is 13.8. The van der Waals surface area contributed by atoms with E-state index >= 15 is 0 Å². The van der Waals surface area contributed by atoms with Gasteiger partial charge in [-0.3, -0.25) is 10.5 Å². The van der Waals surface area contributed by atoms with Gasteiger partial charge in [-0.25, -0.2) is 5.43 Å². The molecule has 3 N–H and O–H groups in total. The summed E-state index contributed by atoms with van der Waals surface area (Å²) < 4.78 is 12.2. The average Bonchev–Trinajstić information content (AvgIpc) is 2.86. The predicted octanol–water partition coefficient (Wildman–Crippen LogP) is 0.385. The fraction of sp³-hybridized carbons (Fsp3) is 0.333. The number of benzene rings is 1. The Balaban J connectivity index is 2.42. The summed E-state index contributed by atoms with van der Waals surface area (Å²) in [5.74, 6) is 6.96. The molecule has 2 aromatic rings. The number of hydrogen-bond acceptors (Lipinski definition) is 6. The summed E-state index contributed by atoms with van der Waals surface area (Å²) in [6, 6.07) is 5.40. The Bertz CT molecular complexity index is 555. The largest absolute Gasteiger partial charge is 0.493 e. The van der Waals surface area contributed by atoms with Crippen molar-refractivity contribution in [2.45, 2.75) is 6.04 Å². The molecule has 1 aromatic heterocycles. The predicted molar refractivity (Wildman–Crippen MR) is 69.7 cm³/mol. The third-order valence-corrected chi connectivity index (χ3v) is 2.95. The lowest BCUT2D eigenvalue weighted by Crippen LogP contribution is -2.30. The molecule has 0 saturated heterocycles. The smallest absolute Gasteiger partial charge is 0.161 e. The first-order chi connectivity index (χ1) is 9.21. The quantitative estimate of drug-likeness (QED) is 0.599. The minimum absolute atomic E-state index is 0.222. The van der Waals surface area contributed by atoms with Crippen molar-refractivity contribution in [1.29, 1.82) is 0 Å². The molecular formula is C12H17N5O2. The molecular weight excluding hydrogens is 246 g/mol. The highest BCUT2D eigenvalue weighted by atomic mass is 16.5. The molecule has 1 aromatic carbocycles. The van der Waals surface area contributed by atoms with Gasteiger partial charge in [-0.2, -0.15) is 0 Å². The molecule has 7 heteroatoms. The molecule has 102 valence electrons. The highest BCUT2D eigenvalue weighted by Crippen LogP contribution is 2.31. The normalized spacial score (nSPS) is 12.2. The molecule has 0 aliphatic carbocycles. The van der Waals surface area contributed by atoms with Gasteiger partial charge in [0.1, 0.15) is 0 Å². The molecule has 0 aliphatic heterocycles. The van der Waals surface area contributed by atoms with Crippen LogP contribution in [0.2, 0.25) is 0 Å². The molecule has 19 heavy (non-hydrogen) atoms. The van der Waals surface area contributed by atoms with Crippen LogP contribution in [-0.2, 0) is 7.05 Å². The summed E-state index contributed by atoms with van der Waals surface area (Å²) in [4.78, 5) is 0. The third kappa shape index (κ3) is 2.51. The molecule has 0 amide bonds. The Morgan fingerprint density at radius 1 is 1.26 bits per heavy atom. The summed E-state index contributed by atoms with van der Waals surface area (Å²) in [5, 5.41) is 7.76. The van der Waals surface area contributed by atoms with Crippen LogP contribution < -0.4 is 20.7 Å². The molecule has 2 rings (SSSR count). The van der Waals surface area contributed by atoms with E-state index in [1.54, 1.807) is 25.1 Å². The molecule has 0 aliphatic rings. The number of aromatic nitrogens is 3. The zero-order valence-electron chi connectivity index (χ0n) is 11.1. The molecule has 0 radical (unpaired) electrons. The summed E-state index contributed by atoms with van der Waals surface area (Å²) in [6.45, 7) is 0. The SMILES string of the molecule is COc1ccc(C(NN)c2cnnn2C)cc1OC. The average molecular weight is 263 g/mol. The van der Waals surface area contributed by atoms with Crippen LogP contribution in [0.4, 0.5) is 0 Å². The summed E-state index contributed by atoms with van der Waals surface area (Å²) >= 11 is 0. The lowest BCUT2D eigenvalue weighted by Gasteiger charge is -2.17. The number of methoxy groups -OCH3 is 2. The molecule has 1 atom stereocenters. The number of aryl methyl sites for hydroxylation is 1. The topological polar surface area (TPSA) is 87.2 Å². The van der Waals surface area contributed by atoms with Crippen LogP contribution in [0.3, 0.4) is 0 Å². The van der Waals surface area contributed by atoms with E-state index in [2.05, 4.69) is 15.7 Å². The van der Waals surface area contributed by atoms with E-state index < -0.39 is 0 Å². The first-order valence-corrected chi connectivity index (χ1v) is 5.74. The Hall–Kier alpha value is -2.12. The highest BCUT2D eigenvalue weighted by Gasteiger charge is 2.18. The molecule has 1 heterocycles. The number of ether oxygens (including phenoxy) is 2. The van der Waals surface area contributed by atoms with Crippen LogP contribution in [0.1, 0.15) is 17.3 Å². The number of nitrogens with two attached hydrogens (primary N) is 1. The third-order valence-electron chi connectivity index (χ3n) is 2.95. The minimum atomic E-state index is -0.222. The first-order valence-electron chi connectivity index (χ1n) is 5.74. The van der Waals surface area contributed by atoms with Gasteiger partial charge >= 0.3 is 0 Å². The van der Waals surface area contributed by atoms with E-state index in [1.165, 1.54) is 0 Å². The van der Waals surface area contributed by atoms with E-state index in [4.69, 9.17) is 15.3 Å². The maximum Gasteiger partial charge on any atom is 0.161 e. The van der Waals surface area contributed by atoms with Gasteiger partial charge < -0.3 is 9.47 Å². The number of hydrogen-bond donors (Lipinski definition) is 2. The minimum Gasteiger partial charge on any atom is -0.493 e. The first kappa shape index (κ1) is 13.3. The van der Waals surface area contributed by atoms with E-state index in [1.807, 2.05) is 25.2 Å². The molecule has 0 fully saturated rings. The Labute approximate surface area is 111 Å². The second kappa shape index (κ2) is 5.68. The van der Waals surface area contributed by atoms with Crippen LogP contribution >= 0.6 is 0 Å². The van der Waals surface area contributed by atoms with Crippen LogP contribution in [-0.4, -0.2) is 29.2 Å². The van der Waals surface area contributed by atoms with Crippen LogP contribution in [0.15, 0.2) is 24.4 Å². The monoisotopic (exact) mass is 263 g/mol. The molecule has 0 saturated carbocycles. The van der Waals surface area contributed by atoms with Crippen molar-refractivity contribution < 1.29 is 9.47 Å². The van der Waals surface area contributed by atoms with Gasteiger partial charge in [0.25, 0.3) is 0 Å². The van der Waals surface area contributed by atoms with Gasteiger partial charge in [0.15, 0.2) is 11.5 Å². The van der Waals surface area contributed by atoms with Crippen molar-refractivity contribution in [1.82, 2.24) is 20.4 Å². The fourth-order valence-corrected chi connectivity index (χ4v) is 1.94. The van der Waals surface area contributed by atoms with Crippen LogP contribution in [0.25, 0.3) is 0 Å². The van der Waals surface area contributed by atoms with Crippen molar-refractivity contribution in [3.8, 4) is 11.5 Å². The maximum absolute atomic E-state index is 5.64. The Morgan fingerprint density at radius 3 is 2.53 bits per heavy atom.